The molecule has 1 aromatic rings. The molecule has 0 aliphatic carbocycles. The van der Waals surface area contributed by atoms with E-state index in [1.54, 1.807) is 0 Å². The summed E-state index contributed by atoms with van der Waals surface area (Å²) >= 11 is 0. The van der Waals surface area contributed by atoms with E-state index in [0.29, 0.717) is 6.61 Å². The second kappa shape index (κ2) is 3.49. The van der Waals surface area contributed by atoms with Crippen LogP contribution in [0.5, 0.6) is 0 Å². The monoisotopic (exact) mass is 191 g/mol. The van der Waals surface area contributed by atoms with Crippen molar-refractivity contribution in [2.24, 2.45) is 5.16 Å². The van der Waals surface area contributed by atoms with Gasteiger partial charge in [-0.3, -0.25) is 0 Å². The summed E-state index contributed by atoms with van der Waals surface area (Å²) in [5.41, 5.74) is 1.00. The van der Waals surface area contributed by atoms with E-state index < -0.39 is 5.97 Å². The maximum Gasteiger partial charge on any atom is 0.354 e. The Morgan fingerprint density at radius 1 is 1.43 bits per heavy atom. The van der Waals surface area contributed by atoms with Crippen LogP contribution in [0.25, 0.3) is 0 Å². The van der Waals surface area contributed by atoms with Gasteiger partial charge in [0, 0.05) is 0 Å². The molecule has 4 heteroatoms. The topological polar surface area (TPSA) is 58.9 Å². The van der Waals surface area contributed by atoms with E-state index in [1.165, 1.54) is 0 Å². The van der Waals surface area contributed by atoms with Crippen molar-refractivity contribution in [1.29, 1.82) is 0 Å². The molecular weight excluding hydrogens is 182 g/mol. The minimum atomic E-state index is -1.02. The maximum atomic E-state index is 10.8. The maximum absolute atomic E-state index is 10.8. The molecule has 1 aliphatic rings. The number of hydrogen-bond acceptors (Lipinski definition) is 3. The highest BCUT2D eigenvalue weighted by Gasteiger charge is 2.30. The quantitative estimate of drug-likeness (QED) is 0.765. The highest BCUT2D eigenvalue weighted by Crippen LogP contribution is 2.22. The van der Waals surface area contributed by atoms with Crippen LogP contribution in [0.3, 0.4) is 0 Å². The lowest BCUT2D eigenvalue weighted by molar-refractivity contribution is -0.129. The van der Waals surface area contributed by atoms with Crippen molar-refractivity contribution >= 4 is 11.7 Å². The molecular formula is C10H9NO3. The van der Waals surface area contributed by atoms with Crippen LogP contribution in [-0.2, 0) is 9.63 Å². The van der Waals surface area contributed by atoms with Crippen LogP contribution >= 0.6 is 0 Å². The first-order valence-electron chi connectivity index (χ1n) is 4.27. The SMILES string of the molecule is O=C(O)C1=NOCC1c1ccccc1. The summed E-state index contributed by atoms with van der Waals surface area (Å²) in [6.45, 7) is 0.311. The van der Waals surface area contributed by atoms with Crippen LogP contribution in [0.1, 0.15) is 11.5 Å². The fraction of sp³-hybridized carbons (Fsp3) is 0.200. The van der Waals surface area contributed by atoms with E-state index in [2.05, 4.69) is 5.16 Å². The molecule has 0 aromatic heterocycles. The summed E-state index contributed by atoms with van der Waals surface area (Å²) in [6.07, 6.45) is 0. The number of rotatable bonds is 2. The lowest BCUT2D eigenvalue weighted by atomic mass is 9.95. The van der Waals surface area contributed by atoms with E-state index in [4.69, 9.17) is 9.94 Å². The first-order valence-corrected chi connectivity index (χ1v) is 4.27. The average molecular weight is 191 g/mol. The van der Waals surface area contributed by atoms with E-state index in [9.17, 15) is 4.79 Å². The molecule has 0 saturated carbocycles. The summed E-state index contributed by atoms with van der Waals surface area (Å²) < 4.78 is 0. The minimum Gasteiger partial charge on any atom is -0.477 e. The third-order valence-electron chi connectivity index (χ3n) is 2.16. The van der Waals surface area contributed by atoms with Gasteiger partial charge >= 0.3 is 5.97 Å². The molecule has 0 saturated heterocycles. The van der Waals surface area contributed by atoms with Gasteiger partial charge < -0.3 is 9.94 Å². The van der Waals surface area contributed by atoms with Crippen molar-refractivity contribution in [2.75, 3.05) is 6.61 Å². The summed E-state index contributed by atoms with van der Waals surface area (Å²) in [5, 5.41) is 12.3. The Kier molecular flexibility index (Phi) is 2.18. The number of nitrogens with zero attached hydrogens (tertiary/aromatic N) is 1. The molecule has 1 atom stereocenters. The predicted octanol–water partition coefficient (Wildman–Crippen LogP) is 1.24. The minimum absolute atomic E-state index is 0.0798. The van der Waals surface area contributed by atoms with E-state index >= 15 is 0 Å². The van der Waals surface area contributed by atoms with Gasteiger partial charge in [0.05, 0.1) is 5.92 Å². The lowest BCUT2D eigenvalue weighted by Crippen LogP contribution is -2.20. The second-order valence-electron chi connectivity index (χ2n) is 3.04. The Balaban J connectivity index is 2.29. The summed E-state index contributed by atoms with van der Waals surface area (Å²) in [5.74, 6) is -1.26. The number of benzene rings is 1. The zero-order chi connectivity index (χ0) is 9.97. The Labute approximate surface area is 80.8 Å². The number of carboxylic acid groups (broad SMARTS) is 1. The normalized spacial score (nSPS) is 20.0. The molecule has 1 heterocycles. The van der Waals surface area contributed by atoms with Gasteiger partial charge in [-0.1, -0.05) is 35.5 Å². The van der Waals surface area contributed by atoms with Gasteiger partial charge in [-0.25, -0.2) is 4.79 Å². The fourth-order valence-corrected chi connectivity index (χ4v) is 1.45. The van der Waals surface area contributed by atoms with Gasteiger partial charge in [-0.2, -0.15) is 0 Å². The van der Waals surface area contributed by atoms with E-state index in [0.717, 1.165) is 5.56 Å². The van der Waals surface area contributed by atoms with E-state index in [1.807, 2.05) is 30.3 Å². The molecule has 0 spiro atoms. The Morgan fingerprint density at radius 2 is 2.14 bits per heavy atom. The van der Waals surface area contributed by atoms with Crippen molar-refractivity contribution in [3.05, 3.63) is 35.9 Å². The number of hydrogen-bond donors (Lipinski definition) is 1. The smallest absolute Gasteiger partial charge is 0.354 e. The summed E-state index contributed by atoms with van der Waals surface area (Å²) in [4.78, 5) is 15.6. The largest absolute Gasteiger partial charge is 0.477 e. The number of carbonyl (C=O) groups is 1. The zero-order valence-corrected chi connectivity index (χ0v) is 7.38. The second-order valence-corrected chi connectivity index (χ2v) is 3.04. The number of aliphatic carboxylic acids is 1. The van der Waals surface area contributed by atoms with Crippen molar-refractivity contribution in [3.63, 3.8) is 0 Å². The molecule has 0 radical (unpaired) electrons. The Morgan fingerprint density at radius 3 is 2.79 bits per heavy atom. The Hall–Kier alpha value is -1.84. The van der Waals surface area contributed by atoms with Crippen LogP contribution in [0.4, 0.5) is 0 Å². The molecule has 4 nitrogen and oxygen atoms in total. The standard InChI is InChI=1S/C10H9NO3/c12-10(13)9-8(6-14-11-9)7-4-2-1-3-5-7/h1-5,8H,6H2,(H,12,13). The van der Waals surface area contributed by atoms with Gasteiger partial charge in [0.15, 0.2) is 5.71 Å². The number of oxime groups is 1. The number of carboxylic acids is 1. The van der Waals surface area contributed by atoms with Crippen molar-refractivity contribution in [3.8, 4) is 0 Å². The highest BCUT2D eigenvalue weighted by atomic mass is 16.6. The Bertz CT molecular complexity index is 372. The van der Waals surface area contributed by atoms with Crippen LogP contribution in [0, 0.1) is 0 Å². The van der Waals surface area contributed by atoms with Crippen LogP contribution in [0.15, 0.2) is 35.5 Å². The fourth-order valence-electron chi connectivity index (χ4n) is 1.45. The molecule has 1 aliphatic heterocycles. The third-order valence-corrected chi connectivity index (χ3v) is 2.16. The molecule has 14 heavy (non-hydrogen) atoms. The molecule has 2 rings (SSSR count). The van der Waals surface area contributed by atoms with Crippen molar-refractivity contribution in [2.45, 2.75) is 5.92 Å². The summed E-state index contributed by atoms with van der Waals surface area (Å²) in [7, 11) is 0. The highest BCUT2D eigenvalue weighted by molar-refractivity contribution is 6.38. The summed E-state index contributed by atoms with van der Waals surface area (Å²) in [6, 6.07) is 9.37. The van der Waals surface area contributed by atoms with Gasteiger partial charge in [0.2, 0.25) is 0 Å². The van der Waals surface area contributed by atoms with Crippen LogP contribution < -0.4 is 0 Å². The lowest BCUT2D eigenvalue weighted by Gasteiger charge is -2.06. The van der Waals surface area contributed by atoms with Crippen LogP contribution in [0.2, 0.25) is 0 Å². The molecule has 0 fully saturated rings. The molecule has 1 aromatic carbocycles. The van der Waals surface area contributed by atoms with Crippen molar-refractivity contribution < 1.29 is 14.7 Å². The molecule has 0 bridgehead atoms. The van der Waals surface area contributed by atoms with Gasteiger partial charge in [0.25, 0.3) is 0 Å². The van der Waals surface area contributed by atoms with Crippen LogP contribution in [-0.4, -0.2) is 23.4 Å². The first kappa shape index (κ1) is 8.74. The van der Waals surface area contributed by atoms with Gasteiger partial charge in [-0.15, -0.1) is 0 Å². The average Bonchev–Trinajstić information content (AvgIpc) is 2.67. The zero-order valence-electron chi connectivity index (χ0n) is 7.38. The van der Waals surface area contributed by atoms with Gasteiger partial charge in [-0.05, 0) is 5.56 Å². The first-order chi connectivity index (χ1) is 6.79. The van der Waals surface area contributed by atoms with E-state index in [-0.39, 0.29) is 11.6 Å². The van der Waals surface area contributed by atoms with Crippen molar-refractivity contribution in [1.82, 2.24) is 0 Å². The molecule has 1 unspecified atom stereocenters. The molecule has 0 amide bonds. The molecule has 72 valence electrons. The predicted molar refractivity (Wildman–Crippen MR) is 50.2 cm³/mol. The third kappa shape index (κ3) is 1.46. The van der Waals surface area contributed by atoms with Gasteiger partial charge in [0.1, 0.15) is 6.61 Å². The molecule has 1 N–H and O–H groups in total.